The number of nitrogen functional groups attached to an aromatic ring is 1. The van der Waals surface area contributed by atoms with E-state index in [4.69, 9.17) is 5.84 Å². The molecule has 0 saturated carbocycles. The third-order valence-electron chi connectivity index (χ3n) is 3.07. The van der Waals surface area contributed by atoms with Gasteiger partial charge < -0.3 is 10.0 Å². The van der Waals surface area contributed by atoms with E-state index in [0.717, 1.165) is 12.6 Å². The second kappa shape index (κ2) is 4.80. The van der Waals surface area contributed by atoms with Crippen LogP contribution in [0.4, 0.5) is 16.2 Å². The number of aliphatic hydroxyl groups is 1. The fraction of sp³-hybridized carbons (Fsp3) is 0.600. The molecule has 94 valence electrons. The summed E-state index contributed by atoms with van der Waals surface area (Å²) in [4.78, 5) is 9.35. The van der Waals surface area contributed by atoms with Gasteiger partial charge in [0.1, 0.15) is 0 Å². The first-order chi connectivity index (χ1) is 8.11. The van der Waals surface area contributed by atoms with E-state index in [9.17, 15) is 9.50 Å². The Morgan fingerprint density at radius 3 is 3.06 bits per heavy atom. The molecule has 1 saturated heterocycles. The quantitative estimate of drug-likeness (QED) is 0.503. The zero-order chi connectivity index (χ0) is 12.4. The third-order valence-corrected chi connectivity index (χ3v) is 3.07. The van der Waals surface area contributed by atoms with Gasteiger partial charge >= 0.3 is 0 Å². The van der Waals surface area contributed by atoms with Crippen molar-refractivity contribution in [3.63, 3.8) is 0 Å². The minimum absolute atomic E-state index is 0.162. The van der Waals surface area contributed by atoms with Gasteiger partial charge in [0.15, 0.2) is 11.6 Å². The minimum atomic E-state index is -0.509. The number of hydrogen-bond acceptors (Lipinski definition) is 6. The lowest BCUT2D eigenvalue weighted by Crippen LogP contribution is -2.43. The first-order valence-corrected chi connectivity index (χ1v) is 5.54. The van der Waals surface area contributed by atoms with Crippen molar-refractivity contribution in [1.29, 1.82) is 0 Å². The maximum absolute atomic E-state index is 13.6. The molecule has 4 N–H and O–H groups in total. The molecule has 0 spiro atoms. The van der Waals surface area contributed by atoms with E-state index in [1.54, 1.807) is 4.90 Å². The number of rotatable bonds is 2. The summed E-state index contributed by atoms with van der Waals surface area (Å²) in [6.07, 6.45) is 1.41. The van der Waals surface area contributed by atoms with Gasteiger partial charge in [0.2, 0.25) is 5.95 Å². The zero-order valence-electron chi connectivity index (χ0n) is 9.60. The van der Waals surface area contributed by atoms with Crippen molar-refractivity contribution in [3.05, 3.63) is 12.0 Å². The molecule has 2 unspecified atom stereocenters. The number of nitrogens with one attached hydrogen (secondary N) is 1. The van der Waals surface area contributed by atoms with E-state index in [1.165, 1.54) is 0 Å². The standard InChI is InChI=1S/C10H16FN5O/c1-6-2-3-16(5-8(6)17)9-7(11)4-13-10(14-9)15-12/h4,6,8,17H,2-3,5,12H2,1H3,(H,13,14,15). The molecule has 2 rings (SSSR count). The van der Waals surface area contributed by atoms with Gasteiger partial charge in [0, 0.05) is 13.1 Å². The van der Waals surface area contributed by atoms with Crippen molar-refractivity contribution in [2.24, 2.45) is 11.8 Å². The largest absolute Gasteiger partial charge is 0.391 e. The Labute approximate surface area is 98.6 Å². The summed E-state index contributed by atoms with van der Waals surface area (Å²) in [6.45, 7) is 3.01. The molecule has 0 bridgehead atoms. The topological polar surface area (TPSA) is 87.3 Å². The predicted molar refractivity (Wildman–Crippen MR) is 61.8 cm³/mol. The summed E-state index contributed by atoms with van der Waals surface area (Å²) in [5.74, 6) is 5.24. The van der Waals surface area contributed by atoms with E-state index in [0.29, 0.717) is 13.1 Å². The first kappa shape index (κ1) is 12.0. The lowest BCUT2D eigenvalue weighted by molar-refractivity contribution is 0.102. The molecule has 0 aliphatic carbocycles. The fourth-order valence-electron chi connectivity index (χ4n) is 1.89. The second-order valence-electron chi connectivity index (χ2n) is 4.29. The Balaban J connectivity index is 2.21. The number of anilines is 2. The van der Waals surface area contributed by atoms with E-state index in [2.05, 4.69) is 15.4 Å². The Bertz CT molecular complexity index is 402. The normalized spacial score (nSPS) is 24.8. The van der Waals surface area contributed by atoms with Crippen LogP contribution in [0.3, 0.4) is 0 Å². The van der Waals surface area contributed by atoms with Gasteiger partial charge in [-0.1, -0.05) is 6.92 Å². The van der Waals surface area contributed by atoms with Crippen LogP contribution in [0, 0.1) is 11.7 Å². The molecule has 0 aromatic carbocycles. The average molecular weight is 241 g/mol. The molecule has 0 radical (unpaired) electrons. The number of nitrogens with zero attached hydrogens (tertiary/aromatic N) is 3. The van der Waals surface area contributed by atoms with Crippen LogP contribution in [0.2, 0.25) is 0 Å². The number of hydrazine groups is 1. The van der Waals surface area contributed by atoms with E-state index < -0.39 is 11.9 Å². The van der Waals surface area contributed by atoms with Crippen LogP contribution in [-0.4, -0.2) is 34.3 Å². The van der Waals surface area contributed by atoms with Crippen LogP contribution < -0.4 is 16.2 Å². The summed E-state index contributed by atoms with van der Waals surface area (Å²) >= 11 is 0. The predicted octanol–water partition coefficient (Wildman–Crippen LogP) is 0.108. The molecule has 6 nitrogen and oxygen atoms in total. The first-order valence-electron chi connectivity index (χ1n) is 5.54. The van der Waals surface area contributed by atoms with Gasteiger partial charge in [-0.2, -0.15) is 4.98 Å². The number of nitrogens with two attached hydrogens (primary N) is 1. The molecule has 2 atom stereocenters. The van der Waals surface area contributed by atoms with E-state index in [1.807, 2.05) is 6.92 Å². The third kappa shape index (κ3) is 2.45. The molecule has 0 amide bonds. The van der Waals surface area contributed by atoms with Crippen molar-refractivity contribution in [1.82, 2.24) is 9.97 Å². The Hall–Kier alpha value is -1.47. The number of β-amino-alcohol motifs (C(OH)–C–C–N with tert-alkyl or cyclic N) is 1. The van der Waals surface area contributed by atoms with Crippen LogP contribution in [0.15, 0.2) is 6.20 Å². The molecule has 2 heterocycles. The van der Waals surface area contributed by atoms with E-state index >= 15 is 0 Å². The number of aromatic nitrogens is 2. The highest BCUT2D eigenvalue weighted by molar-refractivity contribution is 5.44. The van der Waals surface area contributed by atoms with Crippen molar-refractivity contribution in [2.45, 2.75) is 19.4 Å². The molecule has 1 aliphatic rings. The van der Waals surface area contributed by atoms with Gasteiger partial charge in [-0.25, -0.2) is 15.2 Å². The van der Waals surface area contributed by atoms with Crippen molar-refractivity contribution < 1.29 is 9.50 Å². The highest BCUT2D eigenvalue weighted by Crippen LogP contribution is 2.24. The van der Waals surface area contributed by atoms with Crippen molar-refractivity contribution in [3.8, 4) is 0 Å². The molecule has 1 aromatic rings. The SMILES string of the molecule is CC1CCN(c2nc(NN)ncc2F)CC1O. The van der Waals surface area contributed by atoms with Crippen molar-refractivity contribution >= 4 is 11.8 Å². The van der Waals surface area contributed by atoms with Gasteiger partial charge in [-0.3, -0.25) is 5.43 Å². The molecule has 1 aromatic heterocycles. The molecular formula is C10H16FN5O. The summed E-state index contributed by atoms with van der Waals surface area (Å²) in [5, 5.41) is 9.78. The van der Waals surface area contributed by atoms with Gasteiger partial charge in [-0.05, 0) is 12.3 Å². The highest BCUT2D eigenvalue weighted by Gasteiger charge is 2.26. The molecular weight excluding hydrogens is 225 g/mol. The smallest absolute Gasteiger partial charge is 0.239 e. The number of piperidine rings is 1. The Kier molecular flexibility index (Phi) is 3.39. The van der Waals surface area contributed by atoms with Crippen molar-refractivity contribution in [2.75, 3.05) is 23.4 Å². The number of hydrogen-bond donors (Lipinski definition) is 3. The number of aliphatic hydroxyl groups excluding tert-OH is 1. The van der Waals surface area contributed by atoms with Crippen LogP contribution >= 0.6 is 0 Å². The summed E-state index contributed by atoms with van der Waals surface area (Å²) < 4.78 is 13.6. The average Bonchev–Trinajstić information content (AvgIpc) is 2.33. The molecule has 7 heteroatoms. The second-order valence-corrected chi connectivity index (χ2v) is 4.29. The van der Waals surface area contributed by atoms with Crippen LogP contribution in [0.1, 0.15) is 13.3 Å². The Morgan fingerprint density at radius 2 is 2.41 bits per heavy atom. The summed E-state index contributed by atoms with van der Waals surface area (Å²) in [5.41, 5.74) is 2.28. The highest BCUT2D eigenvalue weighted by atomic mass is 19.1. The minimum Gasteiger partial charge on any atom is -0.391 e. The lowest BCUT2D eigenvalue weighted by Gasteiger charge is -2.35. The van der Waals surface area contributed by atoms with Crippen LogP contribution in [0.5, 0.6) is 0 Å². The number of halogens is 1. The van der Waals surface area contributed by atoms with Crippen LogP contribution in [0.25, 0.3) is 0 Å². The van der Waals surface area contributed by atoms with Gasteiger partial charge in [0.05, 0.1) is 12.3 Å². The zero-order valence-corrected chi connectivity index (χ0v) is 9.60. The maximum Gasteiger partial charge on any atom is 0.239 e. The molecule has 1 fully saturated rings. The molecule has 1 aliphatic heterocycles. The van der Waals surface area contributed by atoms with Gasteiger partial charge in [0.25, 0.3) is 0 Å². The fourth-order valence-corrected chi connectivity index (χ4v) is 1.89. The lowest BCUT2D eigenvalue weighted by atomic mass is 9.96. The summed E-state index contributed by atoms with van der Waals surface area (Å²) in [7, 11) is 0. The van der Waals surface area contributed by atoms with Gasteiger partial charge in [-0.15, -0.1) is 0 Å². The summed E-state index contributed by atoms with van der Waals surface area (Å²) in [6, 6.07) is 0. The molecule has 17 heavy (non-hydrogen) atoms. The van der Waals surface area contributed by atoms with Crippen LogP contribution in [-0.2, 0) is 0 Å². The van der Waals surface area contributed by atoms with E-state index in [-0.39, 0.29) is 17.7 Å². The monoisotopic (exact) mass is 241 g/mol. The maximum atomic E-state index is 13.6. The Morgan fingerprint density at radius 1 is 1.65 bits per heavy atom.